The van der Waals surface area contributed by atoms with E-state index in [4.69, 9.17) is 24.8 Å². The predicted octanol–water partition coefficient (Wildman–Crippen LogP) is -0.962. The molecule has 0 aromatic carbocycles. The smallest absolute Gasteiger partial charge is 0.411 e. The van der Waals surface area contributed by atoms with Crippen molar-refractivity contribution in [1.29, 1.82) is 0 Å². The van der Waals surface area contributed by atoms with Gasteiger partial charge in [0.2, 0.25) is 0 Å². The van der Waals surface area contributed by atoms with Gasteiger partial charge in [0.05, 0.1) is 0 Å². The Bertz CT molecular complexity index is 177. The molecule has 1 aliphatic heterocycles. The summed E-state index contributed by atoms with van der Waals surface area (Å²) in [6.45, 7) is 5.50. The molecule has 0 bridgehead atoms. The summed E-state index contributed by atoms with van der Waals surface area (Å²) >= 11 is 12.1. The first-order valence-corrected chi connectivity index (χ1v) is 6.12. The molecule has 13 heavy (non-hydrogen) atoms. The molecule has 2 atom stereocenters. The zero-order valence-corrected chi connectivity index (χ0v) is 12.9. The molecule has 0 aromatic heterocycles. The standard InChI is InChI=1S/C8H15NS3.Na/c1-3-7-6(2)12-5-4-9(7)8(10)11;/h6-7H,3-5H2,1-2H3,(H,10,11);/q;+1/p-1/t6-,7?;/m0./s1. The third-order valence-corrected chi connectivity index (χ3v) is 4.04. The normalized spacial score (nSPS) is 28.0. The van der Waals surface area contributed by atoms with Gasteiger partial charge >= 0.3 is 29.6 Å². The van der Waals surface area contributed by atoms with Gasteiger partial charge in [0, 0.05) is 23.6 Å². The molecular weight excluding hydrogens is 229 g/mol. The number of hydrogen-bond donors (Lipinski definition) is 0. The monoisotopic (exact) mass is 243 g/mol. The van der Waals surface area contributed by atoms with E-state index in [-0.39, 0.29) is 29.6 Å². The zero-order chi connectivity index (χ0) is 9.14. The van der Waals surface area contributed by atoms with Gasteiger partial charge in [-0.3, -0.25) is 0 Å². The second kappa shape index (κ2) is 6.85. The van der Waals surface area contributed by atoms with Crippen molar-refractivity contribution in [2.45, 2.75) is 31.6 Å². The summed E-state index contributed by atoms with van der Waals surface area (Å²) in [5.74, 6) is 1.16. The summed E-state index contributed by atoms with van der Waals surface area (Å²) < 4.78 is 0.647. The molecule has 1 fully saturated rings. The molecule has 70 valence electrons. The molecule has 0 aliphatic carbocycles. The van der Waals surface area contributed by atoms with Crippen LogP contribution in [0.4, 0.5) is 0 Å². The Morgan fingerprint density at radius 1 is 1.69 bits per heavy atom. The SMILES string of the molecule is CCC1[C@H](C)SCCN1C(=S)[S-].[Na+]. The van der Waals surface area contributed by atoms with E-state index >= 15 is 0 Å². The van der Waals surface area contributed by atoms with Crippen LogP contribution in [0.25, 0.3) is 0 Å². The molecule has 0 saturated carbocycles. The van der Waals surface area contributed by atoms with Gasteiger partial charge in [-0.1, -0.05) is 18.2 Å². The van der Waals surface area contributed by atoms with Gasteiger partial charge in [-0.2, -0.15) is 11.8 Å². The minimum absolute atomic E-state index is 0. The Kier molecular flexibility index (Phi) is 7.62. The Hall–Kier alpha value is 1.46. The quantitative estimate of drug-likeness (QED) is 0.331. The van der Waals surface area contributed by atoms with Gasteiger partial charge in [-0.15, -0.1) is 0 Å². The Morgan fingerprint density at radius 2 is 2.31 bits per heavy atom. The van der Waals surface area contributed by atoms with E-state index in [1.54, 1.807) is 0 Å². The van der Waals surface area contributed by atoms with E-state index < -0.39 is 0 Å². The number of thioether (sulfide) groups is 1. The van der Waals surface area contributed by atoms with Crippen LogP contribution in [0.5, 0.6) is 0 Å². The number of hydrogen-bond acceptors (Lipinski definition) is 3. The summed E-state index contributed by atoms with van der Waals surface area (Å²) in [7, 11) is 0. The van der Waals surface area contributed by atoms with Crippen LogP contribution < -0.4 is 29.6 Å². The average Bonchev–Trinajstić information content (AvgIpc) is 2.03. The van der Waals surface area contributed by atoms with Crippen LogP contribution >= 0.6 is 24.0 Å². The van der Waals surface area contributed by atoms with E-state index in [0.29, 0.717) is 15.6 Å². The van der Waals surface area contributed by atoms with Crippen molar-refractivity contribution in [2.24, 2.45) is 0 Å². The fourth-order valence-electron chi connectivity index (χ4n) is 1.65. The van der Waals surface area contributed by atoms with Gasteiger partial charge in [0.25, 0.3) is 0 Å². The van der Waals surface area contributed by atoms with Crippen molar-refractivity contribution in [2.75, 3.05) is 12.3 Å². The first kappa shape index (κ1) is 14.5. The van der Waals surface area contributed by atoms with Gasteiger partial charge < -0.3 is 29.7 Å². The maximum Gasteiger partial charge on any atom is 1.00 e. The molecule has 1 aliphatic rings. The summed E-state index contributed by atoms with van der Waals surface area (Å²) in [5, 5.41) is 0.671. The number of nitrogens with zero attached hydrogens (tertiary/aromatic N) is 1. The third-order valence-electron chi connectivity index (χ3n) is 2.31. The Morgan fingerprint density at radius 3 is 2.69 bits per heavy atom. The molecule has 1 nitrogen and oxygen atoms in total. The summed E-state index contributed by atoms with van der Waals surface area (Å²) in [5.41, 5.74) is 0. The molecule has 0 N–H and O–H groups in total. The van der Waals surface area contributed by atoms with Crippen LogP contribution in [0.15, 0.2) is 0 Å². The minimum Gasteiger partial charge on any atom is -0.411 e. The Labute approximate surface area is 118 Å². The molecule has 0 amide bonds. The molecule has 5 heteroatoms. The summed E-state index contributed by atoms with van der Waals surface area (Å²) in [6.07, 6.45) is 1.14. The molecular formula is C8H14NNaS3. The fourth-order valence-corrected chi connectivity index (χ4v) is 3.34. The largest absolute Gasteiger partial charge is 1.00 e. The molecule has 1 unspecified atom stereocenters. The molecule has 1 saturated heterocycles. The summed E-state index contributed by atoms with van der Waals surface area (Å²) in [4.78, 5) is 2.20. The van der Waals surface area contributed by atoms with Crippen molar-refractivity contribution in [3.05, 3.63) is 0 Å². The Balaban J connectivity index is 0.00000144. The number of rotatable bonds is 1. The first-order valence-electron chi connectivity index (χ1n) is 4.26. The molecule has 0 spiro atoms. The average molecular weight is 243 g/mol. The van der Waals surface area contributed by atoms with Crippen LogP contribution in [-0.2, 0) is 12.6 Å². The molecule has 0 aromatic rings. The second-order valence-corrected chi connectivity index (χ2v) is 5.53. The molecule has 1 rings (SSSR count). The maximum absolute atomic E-state index is 5.04. The topological polar surface area (TPSA) is 3.24 Å². The van der Waals surface area contributed by atoms with E-state index in [1.807, 2.05) is 11.8 Å². The van der Waals surface area contributed by atoms with Gasteiger partial charge in [0.15, 0.2) is 0 Å². The van der Waals surface area contributed by atoms with Crippen molar-refractivity contribution < 1.29 is 29.6 Å². The van der Waals surface area contributed by atoms with Gasteiger partial charge in [-0.05, 0) is 6.42 Å². The fraction of sp³-hybridized carbons (Fsp3) is 0.875. The zero-order valence-electron chi connectivity index (χ0n) is 8.45. The van der Waals surface area contributed by atoms with Gasteiger partial charge in [-0.25, -0.2) is 0 Å². The number of thiocarbonyl (C=S) groups is 1. The minimum atomic E-state index is 0. The molecule has 1 heterocycles. The van der Waals surface area contributed by atoms with Crippen molar-refractivity contribution in [3.63, 3.8) is 0 Å². The first-order chi connectivity index (χ1) is 5.66. The second-order valence-electron chi connectivity index (χ2n) is 3.01. The van der Waals surface area contributed by atoms with Crippen LogP contribution in [-0.4, -0.2) is 32.8 Å². The van der Waals surface area contributed by atoms with Crippen molar-refractivity contribution in [3.8, 4) is 0 Å². The molecule has 0 radical (unpaired) electrons. The maximum atomic E-state index is 5.04. The van der Waals surface area contributed by atoms with Crippen molar-refractivity contribution in [1.82, 2.24) is 4.90 Å². The van der Waals surface area contributed by atoms with Crippen LogP contribution in [0.1, 0.15) is 20.3 Å². The van der Waals surface area contributed by atoms with E-state index in [9.17, 15) is 0 Å². The van der Waals surface area contributed by atoms with Crippen LogP contribution in [0, 0.1) is 0 Å². The van der Waals surface area contributed by atoms with Crippen LogP contribution in [0.3, 0.4) is 0 Å². The van der Waals surface area contributed by atoms with E-state index in [2.05, 4.69) is 18.7 Å². The predicted molar refractivity (Wildman–Crippen MR) is 62.7 cm³/mol. The van der Waals surface area contributed by atoms with Gasteiger partial charge in [0.1, 0.15) is 0 Å². The van der Waals surface area contributed by atoms with E-state index in [0.717, 1.165) is 18.7 Å². The third kappa shape index (κ3) is 3.84. The van der Waals surface area contributed by atoms with Crippen LogP contribution in [0.2, 0.25) is 0 Å². The van der Waals surface area contributed by atoms with Crippen molar-refractivity contribution >= 4 is 40.9 Å². The van der Waals surface area contributed by atoms with E-state index in [1.165, 1.54) is 0 Å². The summed E-state index contributed by atoms with van der Waals surface area (Å²) in [6, 6.07) is 0.564.